The third-order valence-electron chi connectivity index (χ3n) is 6.99. The molecular formula is C28H32N2O8. The molecule has 2 aromatic carbocycles. The van der Waals surface area contributed by atoms with E-state index in [1.54, 1.807) is 19.3 Å². The fourth-order valence-electron chi connectivity index (χ4n) is 5.23. The Bertz CT molecular complexity index is 1240. The molecule has 2 amide bonds. The summed E-state index contributed by atoms with van der Waals surface area (Å²) in [5.74, 6) is -0.148. The Hall–Kier alpha value is -3.89. The lowest BCUT2D eigenvalue weighted by Crippen LogP contribution is -2.55. The molecule has 1 aliphatic carbocycles. The largest absolute Gasteiger partial charge is 0.496 e. The number of benzene rings is 2. The van der Waals surface area contributed by atoms with Gasteiger partial charge in [-0.05, 0) is 36.3 Å². The molecule has 10 nitrogen and oxygen atoms in total. The van der Waals surface area contributed by atoms with Gasteiger partial charge >= 0.3 is 0 Å². The second kappa shape index (κ2) is 11.7. The third-order valence-corrected chi connectivity index (χ3v) is 6.99. The number of aldehydes is 1. The maximum Gasteiger partial charge on any atom is 0.247 e. The first kappa shape index (κ1) is 27.2. The zero-order valence-electron chi connectivity index (χ0n) is 21.5. The van der Waals surface area contributed by atoms with Gasteiger partial charge in [-0.1, -0.05) is 18.2 Å². The minimum Gasteiger partial charge on any atom is -0.496 e. The van der Waals surface area contributed by atoms with Crippen LogP contribution < -0.4 is 19.5 Å². The van der Waals surface area contributed by atoms with Crippen molar-refractivity contribution in [3.05, 3.63) is 64.7 Å². The van der Waals surface area contributed by atoms with E-state index in [2.05, 4.69) is 5.32 Å². The summed E-state index contributed by atoms with van der Waals surface area (Å²) < 4.78 is 17.0. The molecule has 4 unspecified atom stereocenters. The Morgan fingerprint density at radius 3 is 2.55 bits per heavy atom. The lowest BCUT2D eigenvalue weighted by Gasteiger charge is -2.40. The average molecular weight is 525 g/mol. The highest BCUT2D eigenvalue weighted by Gasteiger charge is 2.51. The zero-order chi connectivity index (χ0) is 27.4. The van der Waals surface area contributed by atoms with Crippen molar-refractivity contribution < 1.29 is 38.8 Å². The maximum atomic E-state index is 13.3. The normalized spacial score (nSPS) is 21.3. The molecule has 0 spiro atoms. The number of fused-ring (bicyclic) bond motifs is 3. The van der Waals surface area contributed by atoms with Crippen LogP contribution in [0.5, 0.6) is 17.2 Å². The van der Waals surface area contributed by atoms with E-state index in [0.29, 0.717) is 41.1 Å². The van der Waals surface area contributed by atoms with E-state index >= 15 is 0 Å². The number of rotatable bonds is 10. The fraction of sp³-hybridized carbons (Fsp3) is 0.393. The molecule has 38 heavy (non-hydrogen) atoms. The molecule has 0 saturated heterocycles. The van der Waals surface area contributed by atoms with Gasteiger partial charge in [0.2, 0.25) is 11.8 Å². The average Bonchev–Trinajstić information content (AvgIpc) is 3.32. The number of nitrogens with zero attached hydrogens (tertiary/aromatic N) is 1. The van der Waals surface area contributed by atoms with Gasteiger partial charge in [0, 0.05) is 36.7 Å². The molecule has 4 rings (SSSR count). The number of aliphatic hydroxyl groups is 2. The van der Waals surface area contributed by atoms with Crippen LogP contribution in [0.2, 0.25) is 0 Å². The van der Waals surface area contributed by atoms with E-state index in [1.807, 2.05) is 24.3 Å². The molecule has 4 atom stereocenters. The molecular weight excluding hydrogens is 492 g/mol. The van der Waals surface area contributed by atoms with Crippen LogP contribution in [0.3, 0.4) is 0 Å². The van der Waals surface area contributed by atoms with Crippen molar-refractivity contribution in [1.82, 2.24) is 10.2 Å². The molecule has 202 valence electrons. The van der Waals surface area contributed by atoms with Crippen LogP contribution >= 0.6 is 0 Å². The van der Waals surface area contributed by atoms with Gasteiger partial charge < -0.3 is 34.6 Å². The van der Waals surface area contributed by atoms with Gasteiger partial charge in [0.15, 0.2) is 11.5 Å². The fourth-order valence-corrected chi connectivity index (χ4v) is 5.23. The van der Waals surface area contributed by atoms with E-state index in [9.17, 15) is 24.6 Å². The van der Waals surface area contributed by atoms with Crippen LogP contribution in [0.1, 0.15) is 34.3 Å². The molecule has 0 bridgehead atoms. The van der Waals surface area contributed by atoms with Crippen molar-refractivity contribution in [2.45, 2.75) is 37.5 Å². The van der Waals surface area contributed by atoms with Gasteiger partial charge in [-0.25, -0.2) is 0 Å². The second-order valence-electron chi connectivity index (χ2n) is 9.18. The first-order valence-corrected chi connectivity index (χ1v) is 12.4. The number of amides is 2. The Kier molecular flexibility index (Phi) is 8.33. The van der Waals surface area contributed by atoms with E-state index in [1.165, 1.54) is 25.0 Å². The highest BCUT2D eigenvalue weighted by molar-refractivity contribution is 5.96. The summed E-state index contributed by atoms with van der Waals surface area (Å²) in [5.41, 5.74) is 2.03. The van der Waals surface area contributed by atoms with Crippen LogP contribution in [0.15, 0.2) is 48.0 Å². The van der Waals surface area contributed by atoms with E-state index in [4.69, 9.17) is 14.2 Å². The summed E-state index contributed by atoms with van der Waals surface area (Å²) in [7, 11) is 3.01. The number of para-hydroxylation sites is 1. The third kappa shape index (κ3) is 5.09. The second-order valence-corrected chi connectivity index (χ2v) is 9.18. The van der Waals surface area contributed by atoms with Crippen molar-refractivity contribution in [3.8, 4) is 17.2 Å². The van der Waals surface area contributed by atoms with Crippen LogP contribution in [0, 0.1) is 0 Å². The minimum absolute atomic E-state index is 0.0242. The Balaban J connectivity index is 1.74. The Morgan fingerprint density at radius 1 is 1.16 bits per heavy atom. The van der Waals surface area contributed by atoms with Crippen LogP contribution in [-0.4, -0.2) is 85.4 Å². The molecule has 10 heteroatoms. The molecule has 0 aromatic heterocycles. The van der Waals surface area contributed by atoms with Gasteiger partial charge in [-0.15, -0.1) is 0 Å². The van der Waals surface area contributed by atoms with Gasteiger partial charge in [0.25, 0.3) is 0 Å². The minimum atomic E-state index is -1.19. The van der Waals surface area contributed by atoms with E-state index < -0.39 is 30.1 Å². The summed E-state index contributed by atoms with van der Waals surface area (Å²) >= 11 is 0. The number of carbonyl (C=O) groups is 3. The first-order chi connectivity index (χ1) is 18.3. The van der Waals surface area contributed by atoms with Crippen molar-refractivity contribution in [2.24, 2.45) is 0 Å². The summed E-state index contributed by atoms with van der Waals surface area (Å²) in [6.45, 7) is 1.43. The zero-order valence-corrected chi connectivity index (χ0v) is 21.5. The van der Waals surface area contributed by atoms with Crippen molar-refractivity contribution >= 4 is 18.1 Å². The molecule has 2 aliphatic rings. The van der Waals surface area contributed by atoms with Crippen molar-refractivity contribution in [3.63, 3.8) is 0 Å². The van der Waals surface area contributed by atoms with E-state index in [0.717, 1.165) is 5.56 Å². The summed E-state index contributed by atoms with van der Waals surface area (Å²) in [6, 6.07) is 9.74. The van der Waals surface area contributed by atoms with Gasteiger partial charge in [-0.3, -0.25) is 14.4 Å². The number of hydrogen-bond acceptors (Lipinski definition) is 8. The quantitative estimate of drug-likeness (QED) is 0.395. The predicted octanol–water partition coefficient (Wildman–Crippen LogP) is 1.23. The number of nitrogens with one attached hydrogen (secondary N) is 1. The lowest BCUT2D eigenvalue weighted by molar-refractivity contribution is -0.134. The number of ether oxygens (including phenoxy) is 3. The Labute approximate surface area is 220 Å². The first-order valence-electron chi connectivity index (χ1n) is 12.4. The van der Waals surface area contributed by atoms with Crippen molar-refractivity contribution in [1.29, 1.82) is 0 Å². The Morgan fingerprint density at radius 2 is 1.89 bits per heavy atom. The van der Waals surface area contributed by atoms with Crippen LogP contribution in [0.25, 0.3) is 0 Å². The van der Waals surface area contributed by atoms with Gasteiger partial charge in [0.05, 0.1) is 32.8 Å². The highest BCUT2D eigenvalue weighted by Crippen LogP contribution is 2.51. The molecule has 0 radical (unpaired) electrons. The lowest BCUT2D eigenvalue weighted by atomic mass is 9.77. The summed E-state index contributed by atoms with van der Waals surface area (Å²) in [4.78, 5) is 39.2. The number of hydrogen-bond donors (Lipinski definition) is 3. The maximum absolute atomic E-state index is 13.3. The summed E-state index contributed by atoms with van der Waals surface area (Å²) in [5, 5.41) is 23.4. The highest BCUT2D eigenvalue weighted by atomic mass is 16.5. The molecule has 1 aliphatic heterocycles. The van der Waals surface area contributed by atoms with Crippen molar-refractivity contribution in [2.75, 3.05) is 33.9 Å². The van der Waals surface area contributed by atoms with Crippen LogP contribution in [-0.2, 0) is 16.0 Å². The number of aliphatic hydroxyl groups excluding tert-OH is 2. The van der Waals surface area contributed by atoms with Crippen LogP contribution in [0.4, 0.5) is 0 Å². The molecule has 3 N–H and O–H groups in total. The SMILES string of the molecule is COc1ccccc1CCN(C(C)=O)C1C=C(C(=O)NCCO)C2c3cc(C=O)cc(OC)c3OC2C1O. The van der Waals surface area contributed by atoms with E-state index in [-0.39, 0.29) is 31.2 Å². The topological polar surface area (TPSA) is 135 Å². The van der Waals surface area contributed by atoms with Gasteiger partial charge in [0.1, 0.15) is 24.2 Å². The summed E-state index contributed by atoms with van der Waals surface area (Å²) in [6.07, 6.45) is 0.605. The number of carbonyl (C=O) groups excluding carboxylic acids is 3. The monoisotopic (exact) mass is 524 g/mol. The predicted molar refractivity (Wildman–Crippen MR) is 138 cm³/mol. The molecule has 0 saturated carbocycles. The molecule has 1 heterocycles. The van der Waals surface area contributed by atoms with Gasteiger partial charge in [-0.2, -0.15) is 0 Å². The molecule has 2 aromatic rings. The standard InChI is InChI=1S/C28H32N2O8/c1-16(33)30(10-8-18-6-4-5-7-22(18)36-2)21-14-20(28(35)29-9-11-31)24-19-12-17(15-32)13-23(37-3)26(19)38-27(24)25(21)34/h4-7,12-15,21,24-25,27,31,34H,8-11H2,1-3H3,(H,29,35). The smallest absolute Gasteiger partial charge is 0.247 e. The molecule has 0 fully saturated rings. The number of methoxy groups -OCH3 is 2.